The van der Waals surface area contributed by atoms with Gasteiger partial charge >= 0.3 is 6.01 Å². The Labute approximate surface area is 64.9 Å². The highest BCUT2D eigenvalue weighted by atomic mass is 16.5. The van der Waals surface area contributed by atoms with Crippen LogP contribution < -0.4 is 4.74 Å². The Morgan fingerprint density at radius 3 is 2.36 bits per heavy atom. The summed E-state index contributed by atoms with van der Waals surface area (Å²) >= 11 is 0. The number of ether oxygens (including phenoxy) is 1. The molecule has 0 bridgehead atoms. The first-order valence-corrected chi connectivity index (χ1v) is 3.36. The van der Waals surface area contributed by atoms with Crippen LogP contribution in [0, 0.1) is 0 Å². The van der Waals surface area contributed by atoms with Gasteiger partial charge in [0.1, 0.15) is 0 Å². The van der Waals surface area contributed by atoms with Gasteiger partial charge in [0.15, 0.2) is 5.75 Å². The third-order valence-corrected chi connectivity index (χ3v) is 0.986. The fraction of sp³-hybridized carbons (Fsp3) is 0.429. The van der Waals surface area contributed by atoms with Crippen LogP contribution in [0.5, 0.6) is 11.8 Å². The molecule has 1 aromatic rings. The normalized spacial score (nSPS) is 10.1. The minimum Gasteiger partial charge on any atom is -0.488 e. The molecule has 0 aliphatic heterocycles. The van der Waals surface area contributed by atoms with E-state index < -0.39 is 0 Å². The second kappa shape index (κ2) is 3.18. The summed E-state index contributed by atoms with van der Waals surface area (Å²) in [5, 5.41) is 8.71. The molecule has 1 aromatic heterocycles. The van der Waals surface area contributed by atoms with Crippen molar-refractivity contribution in [3.8, 4) is 11.8 Å². The minimum atomic E-state index is -0.235. The number of hydrogen-bond donors (Lipinski definition) is 1. The molecule has 60 valence electrons. The molecule has 4 nitrogen and oxygen atoms in total. The smallest absolute Gasteiger partial charge is 0.314 e. The first-order valence-electron chi connectivity index (χ1n) is 3.36. The van der Waals surface area contributed by atoms with Gasteiger partial charge in [-0.15, -0.1) is 0 Å². The van der Waals surface area contributed by atoms with Crippen molar-refractivity contribution in [2.24, 2.45) is 0 Å². The van der Waals surface area contributed by atoms with Crippen molar-refractivity contribution in [3.05, 3.63) is 12.4 Å². The molecule has 4 heteroatoms. The van der Waals surface area contributed by atoms with Gasteiger partial charge in [0.25, 0.3) is 0 Å². The summed E-state index contributed by atoms with van der Waals surface area (Å²) in [7, 11) is 0. The van der Waals surface area contributed by atoms with E-state index in [4.69, 9.17) is 9.84 Å². The average Bonchev–Trinajstić information content (AvgIpc) is 1.93. The summed E-state index contributed by atoms with van der Waals surface area (Å²) in [5.74, 6) is 0.567. The van der Waals surface area contributed by atoms with Crippen LogP contribution >= 0.6 is 0 Å². The SMILES string of the molecule is CC(C)Oc1cnc(O)nc1. The van der Waals surface area contributed by atoms with Gasteiger partial charge in [0.05, 0.1) is 18.5 Å². The maximum Gasteiger partial charge on any atom is 0.314 e. The molecule has 0 spiro atoms. The van der Waals surface area contributed by atoms with E-state index in [2.05, 4.69) is 9.97 Å². The predicted molar refractivity (Wildman–Crippen MR) is 39.5 cm³/mol. The highest BCUT2D eigenvalue weighted by Gasteiger charge is 1.97. The van der Waals surface area contributed by atoms with Crippen molar-refractivity contribution in [3.63, 3.8) is 0 Å². The zero-order valence-corrected chi connectivity index (χ0v) is 6.48. The zero-order chi connectivity index (χ0) is 8.27. The quantitative estimate of drug-likeness (QED) is 0.689. The van der Waals surface area contributed by atoms with Crippen molar-refractivity contribution < 1.29 is 9.84 Å². The number of aromatic nitrogens is 2. The van der Waals surface area contributed by atoms with Gasteiger partial charge in [-0.05, 0) is 13.8 Å². The molecule has 0 aliphatic rings. The molecule has 0 atom stereocenters. The molecule has 1 heterocycles. The summed E-state index contributed by atoms with van der Waals surface area (Å²) in [6.45, 7) is 3.82. The molecule has 0 amide bonds. The van der Waals surface area contributed by atoms with Crippen LogP contribution in [0.3, 0.4) is 0 Å². The highest BCUT2D eigenvalue weighted by molar-refractivity contribution is 5.13. The van der Waals surface area contributed by atoms with Gasteiger partial charge < -0.3 is 9.84 Å². The lowest BCUT2D eigenvalue weighted by atomic mass is 10.5. The number of hydrogen-bond acceptors (Lipinski definition) is 4. The van der Waals surface area contributed by atoms with Crippen LogP contribution in [-0.4, -0.2) is 21.2 Å². The summed E-state index contributed by atoms with van der Waals surface area (Å²) < 4.78 is 5.23. The predicted octanol–water partition coefficient (Wildman–Crippen LogP) is 0.969. The summed E-state index contributed by atoms with van der Waals surface area (Å²) in [6, 6.07) is -0.235. The molecule has 1 rings (SSSR count). The minimum absolute atomic E-state index is 0.100. The van der Waals surface area contributed by atoms with E-state index in [0.29, 0.717) is 5.75 Å². The lowest BCUT2D eigenvalue weighted by Gasteiger charge is -2.07. The maximum absolute atomic E-state index is 8.71. The average molecular weight is 154 g/mol. The van der Waals surface area contributed by atoms with Gasteiger partial charge in [-0.2, -0.15) is 9.97 Å². The van der Waals surface area contributed by atoms with Crippen molar-refractivity contribution >= 4 is 0 Å². The molecule has 0 saturated carbocycles. The zero-order valence-electron chi connectivity index (χ0n) is 6.48. The second-order valence-corrected chi connectivity index (χ2v) is 2.39. The van der Waals surface area contributed by atoms with Crippen LogP contribution in [-0.2, 0) is 0 Å². The van der Waals surface area contributed by atoms with Gasteiger partial charge in [0, 0.05) is 0 Å². The molecule has 11 heavy (non-hydrogen) atoms. The van der Waals surface area contributed by atoms with Gasteiger partial charge in [0.2, 0.25) is 0 Å². The Morgan fingerprint density at radius 2 is 1.91 bits per heavy atom. The van der Waals surface area contributed by atoms with Crippen LogP contribution in [0.15, 0.2) is 12.4 Å². The molecule has 0 aromatic carbocycles. The molecule has 1 N–H and O–H groups in total. The molecule has 0 radical (unpaired) electrons. The maximum atomic E-state index is 8.71. The molecule has 0 fully saturated rings. The fourth-order valence-electron chi connectivity index (χ4n) is 0.642. The second-order valence-electron chi connectivity index (χ2n) is 2.39. The monoisotopic (exact) mass is 154 g/mol. The third-order valence-electron chi connectivity index (χ3n) is 0.986. The molecule has 0 aliphatic carbocycles. The van der Waals surface area contributed by atoms with E-state index in [9.17, 15) is 0 Å². The van der Waals surface area contributed by atoms with Gasteiger partial charge in [-0.3, -0.25) is 0 Å². The van der Waals surface area contributed by atoms with Crippen molar-refractivity contribution in [1.82, 2.24) is 9.97 Å². The Bertz CT molecular complexity index is 220. The van der Waals surface area contributed by atoms with Crippen LogP contribution in [0.4, 0.5) is 0 Å². The van der Waals surface area contributed by atoms with E-state index in [0.717, 1.165) is 0 Å². The molecular weight excluding hydrogens is 144 g/mol. The highest BCUT2D eigenvalue weighted by Crippen LogP contribution is 2.09. The molecule has 0 saturated heterocycles. The van der Waals surface area contributed by atoms with Crippen LogP contribution in [0.25, 0.3) is 0 Å². The van der Waals surface area contributed by atoms with Gasteiger partial charge in [-0.1, -0.05) is 0 Å². The molecular formula is C7H10N2O2. The number of nitrogens with zero attached hydrogens (tertiary/aromatic N) is 2. The first-order chi connectivity index (χ1) is 5.18. The van der Waals surface area contributed by atoms with E-state index in [1.54, 1.807) is 0 Å². The summed E-state index contributed by atoms with van der Waals surface area (Å²) in [4.78, 5) is 7.10. The van der Waals surface area contributed by atoms with E-state index in [1.807, 2.05) is 13.8 Å². The standard InChI is InChI=1S/C7H10N2O2/c1-5(2)11-6-3-8-7(10)9-4-6/h3-5H,1-2H3,(H,8,9,10). The topological polar surface area (TPSA) is 55.2 Å². The summed E-state index contributed by atoms with van der Waals surface area (Å²) in [5.41, 5.74) is 0. The van der Waals surface area contributed by atoms with Crippen LogP contribution in [0.2, 0.25) is 0 Å². The van der Waals surface area contributed by atoms with Crippen LogP contribution in [0.1, 0.15) is 13.8 Å². The largest absolute Gasteiger partial charge is 0.488 e. The van der Waals surface area contributed by atoms with E-state index >= 15 is 0 Å². The fourth-order valence-corrected chi connectivity index (χ4v) is 0.642. The van der Waals surface area contributed by atoms with Crippen molar-refractivity contribution in [1.29, 1.82) is 0 Å². The first kappa shape index (κ1) is 7.78. The van der Waals surface area contributed by atoms with Gasteiger partial charge in [-0.25, -0.2) is 0 Å². The number of rotatable bonds is 2. The van der Waals surface area contributed by atoms with E-state index in [1.165, 1.54) is 12.4 Å². The lowest BCUT2D eigenvalue weighted by molar-refractivity contribution is 0.239. The Balaban J connectivity index is 2.66. The van der Waals surface area contributed by atoms with E-state index in [-0.39, 0.29) is 12.1 Å². The number of aromatic hydroxyl groups is 1. The Morgan fingerprint density at radius 1 is 1.36 bits per heavy atom. The Kier molecular flexibility index (Phi) is 2.25. The molecule has 0 unspecified atom stereocenters. The third kappa shape index (κ3) is 2.41. The van der Waals surface area contributed by atoms with Crippen molar-refractivity contribution in [2.75, 3.05) is 0 Å². The lowest BCUT2D eigenvalue weighted by Crippen LogP contribution is -2.05. The summed E-state index contributed by atoms with van der Waals surface area (Å²) in [6.07, 6.45) is 2.97. The van der Waals surface area contributed by atoms with Crippen molar-refractivity contribution in [2.45, 2.75) is 20.0 Å². The Hall–Kier alpha value is -1.32.